The molecule has 1 fully saturated rings. The van der Waals surface area contributed by atoms with Crippen LogP contribution in [0.3, 0.4) is 0 Å². The molecule has 1 atom stereocenters. The lowest BCUT2D eigenvalue weighted by molar-refractivity contribution is -0.132. The summed E-state index contributed by atoms with van der Waals surface area (Å²) in [4.78, 5) is 27.3. The van der Waals surface area contributed by atoms with Crippen molar-refractivity contribution in [3.63, 3.8) is 0 Å². The van der Waals surface area contributed by atoms with Gasteiger partial charge in [0.2, 0.25) is 5.91 Å². The van der Waals surface area contributed by atoms with Crippen LogP contribution in [0.5, 0.6) is 0 Å². The summed E-state index contributed by atoms with van der Waals surface area (Å²) in [6.45, 7) is 0.781. The summed E-state index contributed by atoms with van der Waals surface area (Å²) in [5.41, 5.74) is 1.16. The smallest absolute Gasteiger partial charge is 0.223 e. The van der Waals surface area contributed by atoms with Crippen LogP contribution in [0.4, 0.5) is 0 Å². The Bertz CT molecular complexity index is 699. The first-order valence-electron chi connectivity index (χ1n) is 7.77. The third-order valence-corrected chi connectivity index (χ3v) is 5.57. The number of rotatable bonds is 5. The molecule has 23 heavy (non-hydrogen) atoms. The number of amides is 1. The van der Waals surface area contributed by atoms with Crippen molar-refractivity contribution < 1.29 is 9.59 Å². The quantitative estimate of drug-likeness (QED) is 0.683. The maximum Gasteiger partial charge on any atom is 0.223 e. The molecule has 3 nitrogen and oxygen atoms in total. The zero-order chi connectivity index (χ0) is 16.2. The first-order chi connectivity index (χ1) is 11.1. The normalized spacial score (nSPS) is 17.4. The number of hydrogen-bond donors (Lipinski definition) is 0. The minimum atomic E-state index is 0.0616. The first kappa shape index (κ1) is 16.4. The first-order valence-corrected chi connectivity index (χ1v) is 9.44. The van der Waals surface area contributed by atoms with Gasteiger partial charge in [-0.2, -0.15) is 0 Å². The van der Waals surface area contributed by atoms with Gasteiger partial charge in [-0.05, 0) is 42.0 Å². The Balaban J connectivity index is 1.63. The highest BCUT2D eigenvalue weighted by atomic mass is 79.9. The molecule has 0 aliphatic carbocycles. The number of ketones is 1. The predicted octanol–water partition coefficient (Wildman–Crippen LogP) is 4.84. The van der Waals surface area contributed by atoms with Crippen molar-refractivity contribution in [1.82, 2.24) is 4.90 Å². The van der Waals surface area contributed by atoms with E-state index < -0.39 is 0 Å². The number of carbonyl (C=O) groups excluding carboxylic acids is 2. The highest BCUT2D eigenvalue weighted by Gasteiger charge is 2.30. The van der Waals surface area contributed by atoms with Crippen LogP contribution in [0.1, 0.15) is 47.0 Å². The van der Waals surface area contributed by atoms with Gasteiger partial charge in [0.15, 0.2) is 5.78 Å². The molecule has 0 saturated carbocycles. The summed E-state index contributed by atoms with van der Waals surface area (Å²) >= 11 is 4.93. The molecular formula is C18H18BrNO2S. The Morgan fingerprint density at radius 3 is 2.83 bits per heavy atom. The fraction of sp³-hybridized carbons (Fsp3) is 0.333. The fourth-order valence-corrected chi connectivity index (χ4v) is 4.16. The minimum absolute atomic E-state index is 0.0616. The van der Waals surface area contributed by atoms with E-state index in [2.05, 4.69) is 28.1 Å². The predicted molar refractivity (Wildman–Crippen MR) is 95.7 cm³/mol. The SMILES string of the molecule is O=C(CCC(=O)N1CCCC1c1cccc(Br)c1)c1cccs1. The lowest BCUT2D eigenvalue weighted by Gasteiger charge is -2.25. The van der Waals surface area contributed by atoms with Gasteiger partial charge >= 0.3 is 0 Å². The van der Waals surface area contributed by atoms with Crippen molar-refractivity contribution in [2.75, 3.05) is 6.54 Å². The van der Waals surface area contributed by atoms with Gasteiger partial charge in [-0.25, -0.2) is 0 Å². The summed E-state index contributed by atoms with van der Waals surface area (Å²) in [6, 6.07) is 12.0. The van der Waals surface area contributed by atoms with E-state index in [1.165, 1.54) is 11.3 Å². The van der Waals surface area contributed by atoms with Crippen LogP contribution >= 0.6 is 27.3 Å². The number of likely N-dealkylation sites (tertiary alicyclic amines) is 1. The maximum absolute atomic E-state index is 12.6. The summed E-state index contributed by atoms with van der Waals surface area (Å²) in [6.07, 6.45) is 2.59. The zero-order valence-corrected chi connectivity index (χ0v) is 15.1. The average molecular weight is 392 g/mol. The summed E-state index contributed by atoms with van der Waals surface area (Å²) in [7, 11) is 0. The highest BCUT2D eigenvalue weighted by molar-refractivity contribution is 9.10. The average Bonchev–Trinajstić information content (AvgIpc) is 3.23. The van der Waals surface area contributed by atoms with Gasteiger partial charge in [-0.15, -0.1) is 11.3 Å². The second-order valence-corrected chi connectivity index (χ2v) is 7.56. The van der Waals surface area contributed by atoms with E-state index in [9.17, 15) is 9.59 Å². The van der Waals surface area contributed by atoms with Gasteiger partial charge in [0.1, 0.15) is 0 Å². The summed E-state index contributed by atoms with van der Waals surface area (Å²) in [5, 5.41) is 1.89. The number of carbonyl (C=O) groups is 2. The Morgan fingerprint density at radius 2 is 2.09 bits per heavy atom. The van der Waals surface area contributed by atoms with Gasteiger partial charge in [0.05, 0.1) is 10.9 Å². The molecule has 1 saturated heterocycles. The maximum atomic E-state index is 12.6. The van der Waals surface area contributed by atoms with Gasteiger partial charge in [-0.1, -0.05) is 34.1 Å². The van der Waals surface area contributed by atoms with E-state index in [0.717, 1.165) is 34.3 Å². The molecule has 0 N–H and O–H groups in total. The molecule has 0 spiro atoms. The second kappa shape index (κ2) is 7.41. The Morgan fingerprint density at radius 1 is 1.22 bits per heavy atom. The molecule has 1 aromatic carbocycles. The number of nitrogens with zero attached hydrogens (tertiary/aromatic N) is 1. The van der Waals surface area contributed by atoms with Crippen LogP contribution < -0.4 is 0 Å². The van der Waals surface area contributed by atoms with E-state index in [-0.39, 0.29) is 17.7 Å². The van der Waals surface area contributed by atoms with Crippen LogP contribution in [0.15, 0.2) is 46.3 Å². The standard InChI is InChI=1S/C18H18BrNO2S/c19-14-5-1-4-13(12-14)15-6-2-10-20(15)18(22)9-8-16(21)17-7-3-11-23-17/h1,3-5,7,11-12,15H,2,6,8-10H2. The molecule has 1 aromatic heterocycles. The van der Waals surface area contributed by atoms with Crippen molar-refractivity contribution >= 4 is 39.0 Å². The lowest BCUT2D eigenvalue weighted by atomic mass is 10.0. The van der Waals surface area contributed by atoms with Crippen molar-refractivity contribution in [2.45, 2.75) is 31.7 Å². The van der Waals surface area contributed by atoms with Crippen molar-refractivity contribution in [3.05, 3.63) is 56.7 Å². The molecule has 1 amide bonds. The monoisotopic (exact) mass is 391 g/mol. The number of thiophene rings is 1. The van der Waals surface area contributed by atoms with Crippen molar-refractivity contribution in [3.8, 4) is 0 Å². The number of benzene rings is 1. The summed E-state index contributed by atoms with van der Waals surface area (Å²) < 4.78 is 1.03. The minimum Gasteiger partial charge on any atom is -0.336 e. The van der Waals surface area contributed by atoms with Crippen molar-refractivity contribution in [1.29, 1.82) is 0 Å². The molecule has 0 radical (unpaired) electrons. The summed E-state index contributed by atoms with van der Waals surface area (Å²) in [5.74, 6) is 0.143. The highest BCUT2D eigenvalue weighted by Crippen LogP contribution is 2.33. The largest absolute Gasteiger partial charge is 0.336 e. The molecule has 1 aliphatic rings. The zero-order valence-electron chi connectivity index (χ0n) is 12.7. The van der Waals surface area contributed by atoms with Crippen LogP contribution in [0.2, 0.25) is 0 Å². The second-order valence-electron chi connectivity index (χ2n) is 5.70. The molecule has 120 valence electrons. The molecule has 0 bridgehead atoms. The number of hydrogen-bond acceptors (Lipinski definition) is 3. The van der Waals surface area contributed by atoms with Gasteiger partial charge in [0.25, 0.3) is 0 Å². The Hall–Kier alpha value is -1.46. The molecular weight excluding hydrogens is 374 g/mol. The Kier molecular flexibility index (Phi) is 5.28. The third kappa shape index (κ3) is 3.90. The van der Waals surface area contributed by atoms with Crippen LogP contribution in [0, 0.1) is 0 Å². The molecule has 2 heterocycles. The molecule has 1 unspecified atom stereocenters. The molecule has 1 aliphatic heterocycles. The molecule has 3 rings (SSSR count). The van der Waals surface area contributed by atoms with Crippen LogP contribution in [-0.4, -0.2) is 23.1 Å². The fourth-order valence-electron chi connectivity index (χ4n) is 3.05. The van der Waals surface area contributed by atoms with Crippen LogP contribution in [0.25, 0.3) is 0 Å². The van der Waals surface area contributed by atoms with Gasteiger partial charge in [0, 0.05) is 23.9 Å². The van der Waals surface area contributed by atoms with Crippen molar-refractivity contribution in [2.24, 2.45) is 0 Å². The van der Waals surface area contributed by atoms with E-state index in [0.29, 0.717) is 12.8 Å². The molecule has 5 heteroatoms. The molecule has 2 aromatic rings. The third-order valence-electron chi connectivity index (χ3n) is 4.17. The topological polar surface area (TPSA) is 37.4 Å². The number of halogens is 1. The van der Waals surface area contributed by atoms with E-state index in [1.807, 2.05) is 34.5 Å². The van der Waals surface area contributed by atoms with Crippen LogP contribution in [-0.2, 0) is 4.79 Å². The Labute approximate surface area is 148 Å². The van der Waals surface area contributed by atoms with E-state index in [1.54, 1.807) is 0 Å². The van der Waals surface area contributed by atoms with Gasteiger partial charge in [-0.3, -0.25) is 9.59 Å². The number of Topliss-reactive ketones (excluding diaryl/α,β-unsaturated/α-hetero) is 1. The van der Waals surface area contributed by atoms with E-state index >= 15 is 0 Å². The lowest BCUT2D eigenvalue weighted by Crippen LogP contribution is -2.30. The van der Waals surface area contributed by atoms with Gasteiger partial charge < -0.3 is 4.90 Å². The van der Waals surface area contributed by atoms with E-state index in [4.69, 9.17) is 0 Å².